The molecule has 5 heteroatoms. The molecule has 0 bridgehead atoms. The monoisotopic (exact) mass is 252 g/mol. The third-order valence-corrected chi connectivity index (χ3v) is 5.56. The highest BCUT2D eigenvalue weighted by molar-refractivity contribution is 6.62. The van der Waals surface area contributed by atoms with Gasteiger partial charge in [0.05, 0.1) is 0 Å². The molecule has 0 rings (SSSR count). The van der Waals surface area contributed by atoms with Gasteiger partial charge in [0, 0.05) is 21.3 Å². The Morgan fingerprint density at radius 2 is 1.44 bits per heavy atom. The zero-order valence-corrected chi connectivity index (χ0v) is 11.9. The first-order valence-corrected chi connectivity index (χ1v) is 7.76. The maximum atomic E-state index is 13.9. The summed E-state index contributed by atoms with van der Waals surface area (Å²) in [4.78, 5) is 0. The molecule has 0 N–H and O–H groups in total. The van der Waals surface area contributed by atoms with Crippen molar-refractivity contribution < 1.29 is 17.7 Å². The summed E-state index contributed by atoms with van der Waals surface area (Å²) in [5, 5.41) is 0. The minimum atomic E-state index is -3.06. The van der Waals surface area contributed by atoms with Crippen LogP contribution < -0.4 is 0 Å². The molecule has 0 aromatic heterocycles. The summed E-state index contributed by atoms with van der Waals surface area (Å²) in [7, 11) is 1.29. The fraction of sp³-hybridized carbons (Fsp3) is 1.00. The van der Waals surface area contributed by atoms with Crippen LogP contribution in [0.1, 0.15) is 45.4 Å². The molecular formula is C11H25FO3Si. The van der Waals surface area contributed by atoms with Gasteiger partial charge in [-0.05, 0) is 6.42 Å². The molecule has 0 spiro atoms. The first-order chi connectivity index (χ1) is 7.66. The summed E-state index contributed by atoms with van der Waals surface area (Å²) < 4.78 is 29.2. The number of rotatable bonds is 10. The summed E-state index contributed by atoms with van der Waals surface area (Å²) >= 11 is 0. The van der Waals surface area contributed by atoms with Gasteiger partial charge in [0.25, 0.3) is 0 Å². The largest absolute Gasteiger partial charge is 0.536 e. The minimum absolute atomic E-state index is 0.464. The molecule has 0 saturated carbocycles. The van der Waals surface area contributed by atoms with Crippen molar-refractivity contribution in [1.82, 2.24) is 0 Å². The van der Waals surface area contributed by atoms with Crippen LogP contribution in [0, 0.1) is 0 Å². The molecule has 3 nitrogen and oxygen atoms in total. The summed E-state index contributed by atoms with van der Waals surface area (Å²) in [6.07, 6.45) is 5.99. The predicted molar refractivity (Wildman–Crippen MR) is 65.1 cm³/mol. The van der Waals surface area contributed by atoms with Gasteiger partial charge in [-0.25, -0.2) is 4.39 Å². The minimum Gasteiger partial charge on any atom is -0.375 e. The van der Waals surface area contributed by atoms with Crippen molar-refractivity contribution in [3.05, 3.63) is 0 Å². The van der Waals surface area contributed by atoms with Crippen LogP contribution in [0.3, 0.4) is 0 Å². The second kappa shape index (κ2) is 9.10. The van der Waals surface area contributed by atoms with Gasteiger partial charge in [-0.3, -0.25) is 0 Å². The molecule has 0 heterocycles. The summed E-state index contributed by atoms with van der Waals surface area (Å²) in [5.74, 6) is -1.12. The van der Waals surface area contributed by atoms with E-state index < -0.39 is 14.6 Å². The van der Waals surface area contributed by atoms with Gasteiger partial charge in [-0.15, -0.1) is 0 Å². The molecule has 0 aliphatic heterocycles. The van der Waals surface area contributed by atoms with Crippen molar-refractivity contribution in [1.29, 1.82) is 0 Å². The highest BCUT2D eigenvalue weighted by Crippen LogP contribution is 2.20. The summed E-state index contributed by atoms with van der Waals surface area (Å²) in [5.41, 5.74) is 0. The molecule has 98 valence electrons. The molecule has 0 aliphatic carbocycles. The van der Waals surface area contributed by atoms with Crippen LogP contribution in [0.4, 0.5) is 4.39 Å². The Morgan fingerprint density at radius 3 is 1.88 bits per heavy atom. The molecule has 0 fully saturated rings. The highest BCUT2D eigenvalue weighted by Gasteiger charge is 2.47. The molecule has 0 aromatic carbocycles. The van der Waals surface area contributed by atoms with E-state index in [1.165, 1.54) is 40.6 Å². The van der Waals surface area contributed by atoms with E-state index in [0.717, 1.165) is 12.8 Å². The Labute approximate surface area is 99.6 Å². The van der Waals surface area contributed by atoms with Crippen molar-refractivity contribution in [3.8, 4) is 0 Å². The molecule has 0 saturated heterocycles. The zero-order chi connectivity index (χ0) is 12.4. The number of alkyl halides is 1. The van der Waals surface area contributed by atoms with Crippen LogP contribution in [-0.4, -0.2) is 35.9 Å². The fourth-order valence-electron chi connectivity index (χ4n) is 1.74. The highest BCUT2D eigenvalue weighted by atomic mass is 28.4. The van der Waals surface area contributed by atoms with Crippen LogP contribution in [0.2, 0.25) is 0 Å². The van der Waals surface area contributed by atoms with Crippen LogP contribution in [0.15, 0.2) is 0 Å². The topological polar surface area (TPSA) is 27.7 Å². The van der Waals surface area contributed by atoms with E-state index in [-0.39, 0.29) is 0 Å². The van der Waals surface area contributed by atoms with E-state index in [2.05, 4.69) is 6.92 Å². The van der Waals surface area contributed by atoms with Gasteiger partial charge in [0.2, 0.25) is 0 Å². The van der Waals surface area contributed by atoms with Gasteiger partial charge in [-0.2, -0.15) is 0 Å². The van der Waals surface area contributed by atoms with Crippen molar-refractivity contribution in [2.45, 2.75) is 51.2 Å². The second-order valence-corrected chi connectivity index (χ2v) is 6.94. The van der Waals surface area contributed by atoms with Crippen LogP contribution in [0.5, 0.6) is 0 Å². The van der Waals surface area contributed by atoms with Crippen molar-refractivity contribution in [2.24, 2.45) is 0 Å². The Bertz CT molecular complexity index is 157. The smallest absolute Gasteiger partial charge is 0.375 e. The number of unbranched alkanes of at least 4 members (excludes halogenated alkanes) is 4. The lowest BCUT2D eigenvalue weighted by Crippen LogP contribution is -2.52. The lowest BCUT2D eigenvalue weighted by molar-refractivity contribution is 0.0853. The Morgan fingerprint density at radius 1 is 0.938 bits per heavy atom. The first kappa shape index (κ1) is 16.0. The number of hydrogen-bond donors (Lipinski definition) is 0. The Hall–Kier alpha value is 0.0269. The first-order valence-electron chi connectivity index (χ1n) is 5.96. The van der Waals surface area contributed by atoms with Gasteiger partial charge >= 0.3 is 8.80 Å². The molecule has 16 heavy (non-hydrogen) atoms. The second-order valence-electron chi connectivity index (χ2n) is 3.89. The quantitative estimate of drug-likeness (QED) is 0.442. The maximum absolute atomic E-state index is 13.9. The molecule has 1 atom stereocenters. The van der Waals surface area contributed by atoms with E-state index in [0.29, 0.717) is 6.42 Å². The van der Waals surface area contributed by atoms with E-state index >= 15 is 0 Å². The Balaban J connectivity index is 3.88. The van der Waals surface area contributed by atoms with Gasteiger partial charge in [0.1, 0.15) is 0 Å². The fourth-order valence-corrected chi connectivity index (χ4v) is 3.56. The number of halogens is 1. The molecular weight excluding hydrogens is 227 g/mol. The summed E-state index contributed by atoms with van der Waals surface area (Å²) in [6, 6.07) is 0. The molecule has 0 aliphatic rings. The summed E-state index contributed by atoms with van der Waals surface area (Å²) in [6.45, 7) is 2.16. The van der Waals surface area contributed by atoms with Crippen LogP contribution in [0.25, 0.3) is 0 Å². The zero-order valence-electron chi connectivity index (χ0n) is 10.9. The predicted octanol–water partition coefficient (Wildman–Crippen LogP) is 3.10. The lowest BCUT2D eigenvalue weighted by Gasteiger charge is -2.27. The number of hydrogen-bond acceptors (Lipinski definition) is 3. The average molecular weight is 252 g/mol. The van der Waals surface area contributed by atoms with Crippen molar-refractivity contribution in [3.63, 3.8) is 0 Å². The van der Waals surface area contributed by atoms with E-state index in [4.69, 9.17) is 13.3 Å². The van der Waals surface area contributed by atoms with E-state index in [1.54, 1.807) is 0 Å². The lowest BCUT2D eigenvalue weighted by atomic mass is 10.1. The van der Waals surface area contributed by atoms with Gasteiger partial charge in [0.15, 0.2) is 5.79 Å². The molecule has 1 unspecified atom stereocenters. The maximum Gasteiger partial charge on any atom is 0.536 e. The molecule has 0 radical (unpaired) electrons. The average Bonchev–Trinajstić information content (AvgIpc) is 2.32. The Kier molecular flexibility index (Phi) is 9.11. The third kappa shape index (κ3) is 4.91. The molecule has 0 amide bonds. The van der Waals surface area contributed by atoms with Crippen molar-refractivity contribution >= 4 is 8.80 Å². The molecule has 0 aromatic rings. The SMILES string of the molecule is CCCCCCCC(F)[Si](OC)(OC)OC. The van der Waals surface area contributed by atoms with Gasteiger partial charge in [-0.1, -0.05) is 39.0 Å². The van der Waals surface area contributed by atoms with Gasteiger partial charge < -0.3 is 13.3 Å². The van der Waals surface area contributed by atoms with E-state index in [1.807, 2.05) is 0 Å². The van der Waals surface area contributed by atoms with Crippen LogP contribution in [-0.2, 0) is 13.3 Å². The normalized spacial score (nSPS) is 14.1. The van der Waals surface area contributed by atoms with Crippen LogP contribution >= 0.6 is 0 Å². The standard InChI is InChI=1S/C11H25FO3Si/c1-5-6-7-8-9-10-11(12)16(13-2,14-3)15-4/h11H,5-10H2,1-4H3. The third-order valence-electron chi connectivity index (χ3n) is 2.80. The van der Waals surface area contributed by atoms with Crippen molar-refractivity contribution in [2.75, 3.05) is 21.3 Å². The van der Waals surface area contributed by atoms with E-state index in [9.17, 15) is 4.39 Å².